The second-order valence-electron chi connectivity index (χ2n) is 4.75. The molecule has 0 unspecified atom stereocenters. The Hall–Kier alpha value is -3.09. The fourth-order valence-corrected chi connectivity index (χ4v) is 2.15. The van der Waals surface area contributed by atoms with Gasteiger partial charge in [0.15, 0.2) is 17.5 Å². The summed E-state index contributed by atoms with van der Waals surface area (Å²) >= 11 is 0. The maximum atomic E-state index is 13.6. The minimum absolute atomic E-state index is 0.271. The van der Waals surface area contributed by atoms with Crippen molar-refractivity contribution in [3.05, 3.63) is 75.8 Å². The monoisotopic (exact) mass is 318 g/mol. The number of hydrogen-bond donors (Lipinski definition) is 2. The van der Waals surface area contributed by atoms with Crippen molar-refractivity contribution in [1.29, 1.82) is 0 Å². The van der Waals surface area contributed by atoms with E-state index in [4.69, 9.17) is 0 Å². The van der Waals surface area contributed by atoms with Crippen LogP contribution in [0.15, 0.2) is 47.4 Å². The van der Waals surface area contributed by atoms with Gasteiger partial charge in [-0.05, 0) is 24.3 Å². The number of benzene rings is 2. The van der Waals surface area contributed by atoms with E-state index in [0.29, 0.717) is 11.6 Å². The summed E-state index contributed by atoms with van der Waals surface area (Å²) in [5.74, 6) is -5.53. The Bertz CT molecular complexity index is 983. The van der Waals surface area contributed by atoms with Crippen molar-refractivity contribution in [2.75, 3.05) is 5.32 Å². The number of H-pyrrole nitrogens is 1. The smallest absolute Gasteiger partial charge is 0.261 e. The molecule has 0 radical (unpaired) electrons. The summed E-state index contributed by atoms with van der Waals surface area (Å²) in [6, 6.07) is 8.10. The molecule has 0 aliphatic heterocycles. The number of halogens is 3. The number of pyridine rings is 1. The summed E-state index contributed by atoms with van der Waals surface area (Å²) < 4.78 is 39.6. The Balaban J connectivity index is 2.00. The molecule has 1 amide bonds. The van der Waals surface area contributed by atoms with E-state index in [9.17, 15) is 22.8 Å². The predicted octanol–water partition coefficient (Wildman–Crippen LogP) is 3.20. The van der Waals surface area contributed by atoms with Gasteiger partial charge in [0.05, 0.1) is 5.69 Å². The maximum absolute atomic E-state index is 13.6. The third-order valence-electron chi connectivity index (χ3n) is 3.32. The molecule has 0 aliphatic rings. The van der Waals surface area contributed by atoms with Crippen molar-refractivity contribution < 1.29 is 18.0 Å². The van der Waals surface area contributed by atoms with Gasteiger partial charge in [0.1, 0.15) is 5.56 Å². The molecule has 23 heavy (non-hydrogen) atoms. The molecule has 0 spiro atoms. The fraction of sp³-hybridized carbons (Fsp3) is 0. The molecule has 0 bridgehead atoms. The molecule has 0 aliphatic carbocycles. The molecule has 7 heteroatoms. The van der Waals surface area contributed by atoms with Crippen LogP contribution in [0.3, 0.4) is 0 Å². The van der Waals surface area contributed by atoms with E-state index in [1.54, 1.807) is 18.2 Å². The van der Waals surface area contributed by atoms with E-state index in [1.807, 2.05) is 0 Å². The van der Waals surface area contributed by atoms with Crippen LogP contribution in [-0.2, 0) is 0 Å². The number of fused-ring (bicyclic) bond motifs is 1. The number of aromatic amines is 1. The molecule has 116 valence electrons. The van der Waals surface area contributed by atoms with Crippen LogP contribution in [-0.4, -0.2) is 10.9 Å². The first kappa shape index (κ1) is 14.8. The Kier molecular flexibility index (Phi) is 3.61. The van der Waals surface area contributed by atoms with Gasteiger partial charge < -0.3 is 10.3 Å². The van der Waals surface area contributed by atoms with Crippen LogP contribution in [0.25, 0.3) is 10.9 Å². The lowest BCUT2D eigenvalue weighted by Gasteiger charge is -2.07. The SMILES string of the molecule is O=C(Nc1ccc(F)c(F)c1F)c1c[nH]c2ccccc2c1=O. The number of hydrogen-bond acceptors (Lipinski definition) is 2. The normalized spacial score (nSPS) is 10.7. The van der Waals surface area contributed by atoms with E-state index < -0.39 is 34.5 Å². The molecule has 1 aromatic heterocycles. The first-order chi connectivity index (χ1) is 11.0. The average Bonchev–Trinajstić information content (AvgIpc) is 2.56. The number of carbonyl (C=O) groups is 1. The molecule has 2 aromatic carbocycles. The van der Waals surface area contributed by atoms with Crippen LogP contribution in [0.1, 0.15) is 10.4 Å². The van der Waals surface area contributed by atoms with Gasteiger partial charge in [0, 0.05) is 17.1 Å². The van der Waals surface area contributed by atoms with E-state index in [-0.39, 0.29) is 10.9 Å². The molecule has 2 N–H and O–H groups in total. The van der Waals surface area contributed by atoms with Gasteiger partial charge >= 0.3 is 0 Å². The molecule has 1 heterocycles. The Morgan fingerprint density at radius 3 is 2.52 bits per heavy atom. The van der Waals surface area contributed by atoms with Gasteiger partial charge in [-0.25, -0.2) is 13.2 Å². The first-order valence-electron chi connectivity index (χ1n) is 6.54. The Morgan fingerprint density at radius 2 is 1.74 bits per heavy atom. The molecule has 4 nitrogen and oxygen atoms in total. The molecule has 3 rings (SSSR count). The molecule has 0 atom stereocenters. The van der Waals surface area contributed by atoms with Crippen LogP contribution in [0.4, 0.5) is 18.9 Å². The Labute approximate surface area is 127 Å². The molecule has 0 fully saturated rings. The number of nitrogens with one attached hydrogen (secondary N) is 2. The number of anilines is 1. The Morgan fingerprint density at radius 1 is 1.00 bits per heavy atom. The van der Waals surface area contributed by atoms with Gasteiger partial charge in [-0.1, -0.05) is 12.1 Å². The molecular weight excluding hydrogens is 309 g/mol. The van der Waals surface area contributed by atoms with Crippen LogP contribution >= 0.6 is 0 Å². The predicted molar refractivity (Wildman–Crippen MR) is 78.8 cm³/mol. The van der Waals surface area contributed by atoms with Crippen molar-refractivity contribution in [3.8, 4) is 0 Å². The lowest BCUT2D eigenvalue weighted by atomic mass is 10.1. The number of carbonyl (C=O) groups excluding carboxylic acids is 1. The van der Waals surface area contributed by atoms with Gasteiger partial charge in [-0.2, -0.15) is 0 Å². The van der Waals surface area contributed by atoms with Gasteiger partial charge in [-0.3, -0.25) is 9.59 Å². The minimum Gasteiger partial charge on any atom is -0.360 e. The summed E-state index contributed by atoms with van der Waals surface area (Å²) in [5, 5.41) is 2.34. The van der Waals surface area contributed by atoms with Gasteiger partial charge in [0.25, 0.3) is 5.91 Å². The maximum Gasteiger partial charge on any atom is 0.261 e. The van der Waals surface area contributed by atoms with E-state index in [0.717, 1.165) is 6.07 Å². The highest BCUT2D eigenvalue weighted by molar-refractivity contribution is 6.05. The average molecular weight is 318 g/mol. The summed E-state index contributed by atoms with van der Waals surface area (Å²) in [5.41, 5.74) is -0.845. The molecule has 3 aromatic rings. The van der Waals surface area contributed by atoms with Crippen LogP contribution in [0.2, 0.25) is 0 Å². The van der Waals surface area contributed by atoms with Gasteiger partial charge in [-0.15, -0.1) is 0 Å². The highest BCUT2D eigenvalue weighted by Gasteiger charge is 2.18. The third kappa shape index (κ3) is 2.57. The highest BCUT2D eigenvalue weighted by Crippen LogP contribution is 2.20. The zero-order chi connectivity index (χ0) is 16.6. The zero-order valence-corrected chi connectivity index (χ0v) is 11.5. The second kappa shape index (κ2) is 5.60. The standard InChI is InChI=1S/C16H9F3N2O2/c17-10-5-6-12(14(19)13(10)18)21-16(23)9-7-20-11-4-2-1-3-8(11)15(9)22/h1-7H,(H,20,22)(H,21,23). The quantitative estimate of drug-likeness (QED) is 0.713. The van der Waals surface area contributed by atoms with Crippen molar-refractivity contribution in [3.63, 3.8) is 0 Å². The summed E-state index contributed by atoms with van der Waals surface area (Å²) in [6.45, 7) is 0. The van der Waals surface area contributed by atoms with E-state index in [1.165, 1.54) is 12.3 Å². The van der Waals surface area contributed by atoms with Gasteiger partial charge in [0.2, 0.25) is 5.43 Å². The van der Waals surface area contributed by atoms with Crippen LogP contribution < -0.4 is 10.7 Å². The molecule has 0 saturated heterocycles. The summed E-state index contributed by atoms with van der Waals surface area (Å²) in [7, 11) is 0. The second-order valence-corrected chi connectivity index (χ2v) is 4.75. The third-order valence-corrected chi connectivity index (χ3v) is 3.32. The molecular formula is C16H9F3N2O2. The summed E-state index contributed by atoms with van der Waals surface area (Å²) in [4.78, 5) is 27.1. The summed E-state index contributed by atoms with van der Waals surface area (Å²) in [6.07, 6.45) is 1.18. The zero-order valence-electron chi connectivity index (χ0n) is 11.5. The van der Waals surface area contributed by atoms with Crippen molar-refractivity contribution in [2.24, 2.45) is 0 Å². The topological polar surface area (TPSA) is 62.0 Å². The van der Waals surface area contributed by atoms with Crippen LogP contribution in [0, 0.1) is 17.5 Å². The van der Waals surface area contributed by atoms with Crippen molar-refractivity contribution in [2.45, 2.75) is 0 Å². The highest BCUT2D eigenvalue weighted by atomic mass is 19.2. The first-order valence-corrected chi connectivity index (χ1v) is 6.54. The number of aromatic nitrogens is 1. The largest absolute Gasteiger partial charge is 0.360 e. The van der Waals surface area contributed by atoms with Crippen molar-refractivity contribution >= 4 is 22.5 Å². The van der Waals surface area contributed by atoms with Crippen LogP contribution in [0.5, 0.6) is 0 Å². The number of amides is 1. The number of para-hydroxylation sites is 1. The van der Waals surface area contributed by atoms with Crippen molar-refractivity contribution in [1.82, 2.24) is 4.98 Å². The lowest BCUT2D eigenvalue weighted by Crippen LogP contribution is -2.22. The number of rotatable bonds is 2. The minimum atomic E-state index is -1.70. The molecule has 0 saturated carbocycles. The van der Waals surface area contributed by atoms with E-state index >= 15 is 0 Å². The lowest BCUT2D eigenvalue weighted by molar-refractivity contribution is 0.102. The fourth-order valence-electron chi connectivity index (χ4n) is 2.15. The van der Waals surface area contributed by atoms with E-state index in [2.05, 4.69) is 10.3 Å².